The standard InChI is InChI=1S/C40H44/c1-8-25(9-2)29-20-30(26(10-3)11-4)23-40(22-29)33-18-17-27-13-12-14-32-35(27)36(33)37-34(39(32,6)7)21-28-16-15-24(5)19-31(28)38(37)40/h12-22,25-26H,8-11,23H2,1-7H3. The van der Waals surface area contributed by atoms with Gasteiger partial charge in [0.15, 0.2) is 0 Å². The highest BCUT2D eigenvalue weighted by Gasteiger charge is 2.50. The molecule has 4 aromatic rings. The van der Waals surface area contributed by atoms with Gasteiger partial charge in [-0.15, -0.1) is 0 Å². The number of hydrogen-bond donors (Lipinski definition) is 0. The molecule has 1 atom stereocenters. The van der Waals surface area contributed by atoms with E-state index in [9.17, 15) is 0 Å². The van der Waals surface area contributed by atoms with E-state index >= 15 is 0 Å². The van der Waals surface area contributed by atoms with Crippen molar-refractivity contribution in [2.45, 2.75) is 91.4 Å². The lowest BCUT2D eigenvalue weighted by atomic mass is 9.64. The van der Waals surface area contributed by atoms with Gasteiger partial charge >= 0.3 is 0 Å². The molecular formula is C40H44. The van der Waals surface area contributed by atoms with Gasteiger partial charge in [0.05, 0.1) is 0 Å². The molecule has 0 amide bonds. The monoisotopic (exact) mass is 524 g/mol. The molecule has 0 aliphatic heterocycles. The molecule has 1 spiro atoms. The molecule has 0 heteroatoms. The molecule has 1 unspecified atom stereocenters. The summed E-state index contributed by atoms with van der Waals surface area (Å²) >= 11 is 0. The summed E-state index contributed by atoms with van der Waals surface area (Å²) in [5, 5.41) is 5.74. The van der Waals surface area contributed by atoms with E-state index in [0.29, 0.717) is 11.8 Å². The van der Waals surface area contributed by atoms with Crippen LogP contribution in [0.5, 0.6) is 0 Å². The Hall–Kier alpha value is -3.12. The highest BCUT2D eigenvalue weighted by molar-refractivity contribution is 6.12. The lowest BCUT2D eigenvalue weighted by Crippen LogP contribution is -2.30. The zero-order valence-electron chi connectivity index (χ0n) is 25.5. The van der Waals surface area contributed by atoms with Crippen molar-refractivity contribution in [1.29, 1.82) is 0 Å². The summed E-state index contributed by atoms with van der Waals surface area (Å²) in [5.41, 5.74) is 13.7. The van der Waals surface area contributed by atoms with Crippen LogP contribution in [-0.2, 0) is 10.8 Å². The lowest BCUT2D eigenvalue weighted by Gasteiger charge is -2.39. The van der Waals surface area contributed by atoms with Gasteiger partial charge in [-0.3, -0.25) is 0 Å². The number of allylic oxidation sites excluding steroid dienone is 4. The van der Waals surface area contributed by atoms with Crippen molar-refractivity contribution in [3.8, 4) is 11.1 Å². The van der Waals surface area contributed by atoms with Crippen molar-refractivity contribution in [1.82, 2.24) is 0 Å². The molecule has 0 bridgehead atoms. The number of aryl methyl sites for hydroxylation is 1. The van der Waals surface area contributed by atoms with Crippen LogP contribution in [0, 0.1) is 18.8 Å². The second-order valence-corrected chi connectivity index (χ2v) is 13.5. The van der Waals surface area contributed by atoms with Gasteiger partial charge in [0.25, 0.3) is 0 Å². The molecule has 0 saturated heterocycles. The molecule has 0 heterocycles. The number of fused-ring (bicyclic) bond motifs is 4. The summed E-state index contributed by atoms with van der Waals surface area (Å²) in [6.45, 7) is 16.7. The topological polar surface area (TPSA) is 0 Å². The van der Waals surface area contributed by atoms with Crippen LogP contribution < -0.4 is 0 Å². The van der Waals surface area contributed by atoms with E-state index in [1.54, 1.807) is 27.8 Å². The zero-order chi connectivity index (χ0) is 28.0. The second kappa shape index (κ2) is 8.94. The molecule has 3 aliphatic carbocycles. The van der Waals surface area contributed by atoms with Crippen LogP contribution in [0.2, 0.25) is 0 Å². The van der Waals surface area contributed by atoms with Gasteiger partial charge in [-0.25, -0.2) is 0 Å². The van der Waals surface area contributed by atoms with Gasteiger partial charge in [-0.1, -0.05) is 113 Å². The average molecular weight is 525 g/mol. The minimum Gasteiger partial charge on any atom is -0.0657 e. The van der Waals surface area contributed by atoms with Gasteiger partial charge in [0, 0.05) is 10.8 Å². The van der Waals surface area contributed by atoms with Crippen molar-refractivity contribution in [3.05, 3.63) is 106 Å². The third-order valence-corrected chi connectivity index (χ3v) is 11.1. The van der Waals surface area contributed by atoms with Crippen LogP contribution in [0.1, 0.15) is 101 Å². The molecule has 0 saturated carbocycles. The Labute approximate surface area is 241 Å². The Morgan fingerprint density at radius 1 is 0.725 bits per heavy atom. The molecule has 4 aromatic carbocycles. The van der Waals surface area contributed by atoms with Crippen molar-refractivity contribution < 1.29 is 0 Å². The Bertz CT molecular complexity index is 1750. The predicted octanol–water partition coefficient (Wildman–Crippen LogP) is 11.3. The van der Waals surface area contributed by atoms with E-state index in [-0.39, 0.29) is 10.8 Å². The maximum atomic E-state index is 2.76. The minimum absolute atomic E-state index is 0.0511. The molecule has 0 N–H and O–H groups in total. The van der Waals surface area contributed by atoms with E-state index in [1.165, 1.54) is 69.5 Å². The van der Waals surface area contributed by atoms with Gasteiger partial charge in [0.1, 0.15) is 0 Å². The largest absolute Gasteiger partial charge is 0.0657 e. The normalized spacial score (nSPS) is 20.2. The fourth-order valence-electron chi connectivity index (χ4n) is 8.91. The zero-order valence-corrected chi connectivity index (χ0v) is 25.5. The van der Waals surface area contributed by atoms with Gasteiger partial charge < -0.3 is 0 Å². The first kappa shape index (κ1) is 25.8. The summed E-state index contributed by atoms with van der Waals surface area (Å²) in [7, 11) is 0. The molecule has 0 fully saturated rings. The van der Waals surface area contributed by atoms with Crippen LogP contribution in [0.3, 0.4) is 0 Å². The summed E-state index contributed by atoms with van der Waals surface area (Å²) in [6.07, 6.45) is 11.3. The molecule has 40 heavy (non-hydrogen) atoms. The van der Waals surface area contributed by atoms with Crippen molar-refractivity contribution in [2.75, 3.05) is 0 Å². The van der Waals surface area contributed by atoms with E-state index in [2.05, 4.69) is 115 Å². The smallest absolute Gasteiger partial charge is 0.0443 e. The van der Waals surface area contributed by atoms with Gasteiger partial charge in [-0.2, -0.15) is 0 Å². The first-order valence-electron chi connectivity index (χ1n) is 15.9. The molecule has 204 valence electrons. The quantitative estimate of drug-likeness (QED) is 0.235. The maximum Gasteiger partial charge on any atom is 0.0443 e. The fourth-order valence-corrected chi connectivity index (χ4v) is 8.91. The van der Waals surface area contributed by atoms with E-state index in [1.807, 2.05) is 0 Å². The van der Waals surface area contributed by atoms with Crippen LogP contribution in [-0.4, -0.2) is 0 Å². The highest BCUT2D eigenvalue weighted by Crippen LogP contribution is 2.64. The molecular weight excluding hydrogens is 480 g/mol. The highest BCUT2D eigenvalue weighted by atomic mass is 14.5. The Morgan fingerprint density at radius 2 is 1.45 bits per heavy atom. The lowest BCUT2D eigenvalue weighted by molar-refractivity contribution is 0.491. The maximum absolute atomic E-state index is 2.76. The van der Waals surface area contributed by atoms with Crippen molar-refractivity contribution in [2.24, 2.45) is 11.8 Å². The van der Waals surface area contributed by atoms with Crippen LogP contribution in [0.4, 0.5) is 0 Å². The molecule has 7 rings (SSSR count). The predicted molar refractivity (Wildman–Crippen MR) is 173 cm³/mol. The van der Waals surface area contributed by atoms with Crippen molar-refractivity contribution >= 4 is 21.5 Å². The Morgan fingerprint density at radius 3 is 2.17 bits per heavy atom. The molecule has 3 aliphatic rings. The van der Waals surface area contributed by atoms with Gasteiger partial charge in [0.2, 0.25) is 0 Å². The number of benzene rings is 4. The first-order chi connectivity index (χ1) is 19.3. The summed E-state index contributed by atoms with van der Waals surface area (Å²) in [6, 6.07) is 21.7. The minimum atomic E-state index is -0.126. The second-order valence-electron chi connectivity index (χ2n) is 13.5. The number of rotatable bonds is 6. The van der Waals surface area contributed by atoms with Gasteiger partial charge in [-0.05, 0) is 117 Å². The van der Waals surface area contributed by atoms with Crippen LogP contribution in [0.25, 0.3) is 32.7 Å². The summed E-state index contributed by atoms with van der Waals surface area (Å²) in [4.78, 5) is 0. The summed E-state index contributed by atoms with van der Waals surface area (Å²) in [5.74, 6) is 1.24. The van der Waals surface area contributed by atoms with Crippen LogP contribution >= 0.6 is 0 Å². The van der Waals surface area contributed by atoms with Crippen molar-refractivity contribution in [3.63, 3.8) is 0 Å². The molecule has 0 radical (unpaired) electrons. The van der Waals surface area contributed by atoms with E-state index < -0.39 is 0 Å². The van der Waals surface area contributed by atoms with E-state index in [4.69, 9.17) is 0 Å². The third-order valence-electron chi connectivity index (χ3n) is 11.1. The van der Waals surface area contributed by atoms with E-state index in [0.717, 1.165) is 6.42 Å². The molecule has 0 nitrogen and oxygen atoms in total. The SMILES string of the molecule is CCC(CC)C1=CC2(CC(C(CC)CC)=C1)c1ccc3cccc4c3c1-c1c(cc3ccc(C)cc3c12)C4(C)C. The Balaban J connectivity index is 1.69. The first-order valence-corrected chi connectivity index (χ1v) is 15.9. The summed E-state index contributed by atoms with van der Waals surface area (Å²) < 4.78 is 0. The number of hydrogen-bond acceptors (Lipinski definition) is 0. The third kappa shape index (κ3) is 3.26. The fraction of sp³-hybridized carbons (Fsp3) is 0.400. The Kier molecular flexibility index (Phi) is 5.77. The van der Waals surface area contributed by atoms with Crippen LogP contribution in [0.15, 0.2) is 77.9 Å². The molecule has 0 aromatic heterocycles. The average Bonchev–Trinajstić information content (AvgIpc) is 3.22.